The zero-order valence-electron chi connectivity index (χ0n) is 31.3. The number of fused-ring (bicyclic) bond motifs is 3. The number of anilines is 4. The second-order valence-electron chi connectivity index (χ2n) is 13.9. The Labute approximate surface area is 337 Å². The highest BCUT2D eigenvalue weighted by Crippen LogP contribution is 2.56. The van der Waals surface area contributed by atoms with Crippen molar-refractivity contribution < 1.29 is 17.9 Å². The van der Waals surface area contributed by atoms with Crippen LogP contribution in [0, 0.1) is 0 Å². The normalized spacial score (nSPS) is 12.3. The molecule has 0 saturated carbocycles. The fraction of sp³-hybridized carbons (Fsp3) is 0.0204. The maximum atomic E-state index is 12.9. The van der Waals surface area contributed by atoms with Crippen LogP contribution in [0.2, 0.25) is 0 Å². The number of hydrogen-bond acceptors (Lipinski definition) is 8. The standard InChI is InChI=1S/C25H20N2.C24H20N2O4S/c26-19-13-9-17(10-14-19)25(18-11-15-20(27)16-12-18)23-7-3-1-5-21(23)22-6-2-4-8-24(22)25;25-17-1-5-19(6-2-17)29-21-9-13-23(14-10-21)31(27,28)24-15-11-22(12-16-24)30-20-7-3-18(26)4-8-20/h1-16H,26-27H2;1-16H,25-26H2. The Morgan fingerprint density at radius 2 is 0.621 bits per heavy atom. The minimum absolute atomic E-state index is 0.171. The first-order chi connectivity index (χ1) is 28.1. The predicted molar refractivity (Wildman–Crippen MR) is 233 cm³/mol. The Balaban J connectivity index is 0.000000163. The first-order valence-corrected chi connectivity index (χ1v) is 20.0. The lowest BCUT2D eigenvalue weighted by atomic mass is 9.67. The Kier molecular flexibility index (Phi) is 10.0. The summed E-state index contributed by atoms with van der Waals surface area (Å²) in [4.78, 5) is 0.341. The monoisotopic (exact) mass is 780 g/mol. The molecule has 0 saturated heterocycles. The van der Waals surface area contributed by atoms with Crippen molar-refractivity contribution in [2.24, 2.45) is 0 Å². The van der Waals surface area contributed by atoms with E-state index in [2.05, 4.69) is 72.8 Å². The van der Waals surface area contributed by atoms with E-state index in [1.54, 1.807) is 72.8 Å². The molecule has 8 nitrogen and oxygen atoms in total. The Morgan fingerprint density at radius 3 is 0.948 bits per heavy atom. The number of nitrogens with two attached hydrogens (primary N) is 4. The summed E-state index contributed by atoms with van der Waals surface area (Å²) in [5.74, 6) is 2.27. The summed E-state index contributed by atoms with van der Waals surface area (Å²) in [7, 11) is -3.67. The molecule has 9 heteroatoms. The van der Waals surface area contributed by atoms with Gasteiger partial charge in [0.25, 0.3) is 0 Å². The first-order valence-electron chi connectivity index (χ1n) is 18.5. The van der Waals surface area contributed by atoms with Crippen molar-refractivity contribution in [3.05, 3.63) is 216 Å². The van der Waals surface area contributed by atoms with Gasteiger partial charge in [0.1, 0.15) is 23.0 Å². The van der Waals surface area contributed by atoms with Crippen molar-refractivity contribution in [1.29, 1.82) is 0 Å². The zero-order valence-corrected chi connectivity index (χ0v) is 32.1. The highest BCUT2D eigenvalue weighted by molar-refractivity contribution is 7.91. The molecule has 0 bridgehead atoms. The van der Waals surface area contributed by atoms with Crippen LogP contribution in [0.5, 0.6) is 23.0 Å². The molecule has 0 unspecified atom stereocenters. The van der Waals surface area contributed by atoms with Crippen molar-refractivity contribution in [2.75, 3.05) is 22.9 Å². The molecule has 0 heterocycles. The topological polar surface area (TPSA) is 157 Å². The highest BCUT2D eigenvalue weighted by Gasteiger charge is 2.45. The van der Waals surface area contributed by atoms with E-state index in [0.717, 1.165) is 11.4 Å². The second-order valence-corrected chi connectivity index (χ2v) is 15.8. The van der Waals surface area contributed by atoms with Crippen LogP contribution in [0.15, 0.2) is 204 Å². The first kappa shape index (κ1) is 37.4. The lowest BCUT2D eigenvalue weighted by molar-refractivity contribution is 0.482. The molecule has 0 fully saturated rings. The van der Waals surface area contributed by atoms with Gasteiger partial charge in [-0.2, -0.15) is 0 Å². The van der Waals surface area contributed by atoms with Crippen LogP contribution in [0.3, 0.4) is 0 Å². The minimum atomic E-state index is -3.67. The number of sulfone groups is 1. The molecule has 0 aliphatic heterocycles. The molecule has 0 atom stereocenters. The van der Waals surface area contributed by atoms with Gasteiger partial charge in [-0.1, -0.05) is 72.8 Å². The van der Waals surface area contributed by atoms with E-state index in [4.69, 9.17) is 32.4 Å². The lowest BCUT2D eigenvalue weighted by Gasteiger charge is -2.34. The van der Waals surface area contributed by atoms with Crippen molar-refractivity contribution in [2.45, 2.75) is 15.2 Å². The average Bonchev–Trinajstić information content (AvgIpc) is 3.55. The third kappa shape index (κ3) is 7.30. The average molecular weight is 781 g/mol. The molecule has 1 aliphatic rings. The van der Waals surface area contributed by atoms with E-state index in [9.17, 15) is 8.42 Å². The van der Waals surface area contributed by atoms with Gasteiger partial charge in [0, 0.05) is 22.7 Å². The van der Waals surface area contributed by atoms with Gasteiger partial charge in [0.15, 0.2) is 0 Å². The molecular weight excluding hydrogens is 741 g/mol. The summed E-state index contributed by atoms with van der Waals surface area (Å²) in [6.45, 7) is 0. The summed E-state index contributed by atoms with van der Waals surface area (Å²) >= 11 is 0. The van der Waals surface area contributed by atoms with E-state index in [-0.39, 0.29) is 15.2 Å². The largest absolute Gasteiger partial charge is 0.457 e. The number of hydrogen-bond donors (Lipinski definition) is 4. The number of rotatable bonds is 8. The van der Waals surface area contributed by atoms with Crippen molar-refractivity contribution in [1.82, 2.24) is 0 Å². The molecule has 286 valence electrons. The molecule has 8 N–H and O–H groups in total. The van der Waals surface area contributed by atoms with Crippen LogP contribution in [0.4, 0.5) is 22.7 Å². The van der Waals surface area contributed by atoms with E-state index < -0.39 is 9.84 Å². The van der Waals surface area contributed by atoms with E-state index in [1.165, 1.54) is 57.6 Å². The Morgan fingerprint density at radius 1 is 0.345 bits per heavy atom. The van der Waals surface area contributed by atoms with Crippen LogP contribution in [0.1, 0.15) is 22.3 Å². The van der Waals surface area contributed by atoms with Gasteiger partial charge in [0.2, 0.25) is 9.84 Å². The summed E-state index contributed by atoms with van der Waals surface area (Å²) < 4.78 is 37.3. The van der Waals surface area contributed by atoms with Gasteiger partial charge in [0.05, 0.1) is 15.2 Å². The zero-order chi connectivity index (χ0) is 40.3. The van der Waals surface area contributed by atoms with Gasteiger partial charge in [-0.3, -0.25) is 0 Å². The van der Waals surface area contributed by atoms with Crippen LogP contribution in [-0.2, 0) is 15.3 Å². The predicted octanol–water partition coefficient (Wildman–Crippen LogP) is 10.5. The molecule has 0 aromatic heterocycles. The fourth-order valence-corrected chi connectivity index (χ4v) is 8.60. The van der Waals surface area contributed by atoms with E-state index in [0.29, 0.717) is 34.4 Å². The van der Waals surface area contributed by atoms with Gasteiger partial charge >= 0.3 is 0 Å². The van der Waals surface area contributed by atoms with E-state index in [1.807, 2.05) is 24.3 Å². The third-order valence-corrected chi connectivity index (χ3v) is 11.9. The number of benzene rings is 8. The molecule has 9 rings (SSSR count). The highest BCUT2D eigenvalue weighted by atomic mass is 32.2. The molecule has 0 spiro atoms. The quantitative estimate of drug-likeness (QED) is 0.111. The maximum Gasteiger partial charge on any atom is 0.206 e. The summed E-state index contributed by atoms with van der Waals surface area (Å²) in [5, 5.41) is 0. The second kappa shape index (κ2) is 15.6. The van der Waals surface area contributed by atoms with Gasteiger partial charge < -0.3 is 32.4 Å². The van der Waals surface area contributed by atoms with Gasteiger partial charge in [-0.15, -0.1) is 0 Å². The molecule has 0 amide bonds. The maximum absolute atomic E-state index is 12.9. The Hall–Kier alpha value is -7.49. The summed E-state index contributed by atoms with van der Waals surface area (Å²) in [6.07, 6.45) is 0. The fourth-order valence-electron chi connectivity index (χ4n) is 7.34. The Bertz CT molecular complexity index is 2600. The minimum Gasteiger partial charge on any atom is -0.457 e. The van der Waals surface area contributed by atoms with Crippen LogP contribution >= 0.6 is 0 Å². The van der Waals surface area contributed by atoms with E-state index >= 15 is 0 Å². The third-order valence-electron chi connectivity index (χ3n) is 10.1. The SMILES string of the molecule is Nc1ccc(C2(c3ccc(N)cc3)c3ccccc3-c3ccccc32)cc1.Nc1ccc(Oc2ccc(S(=O)(=O)c3ccc(Oc4ccc(N)cc4)cc3)cc2)cc1. The van der Waals surface area contributed by atoms with Crippen molar-refractivity contribution in [3.8, 4) is 34.1 Å². The molecule has 1 aliphatic carbocycles. The van der Waals surface area contributed by atoms with Crippen molar-refractivity contribution in [3.63, 3.8) is 0 Å². The van der Waals surface area contributed by atoms with Gasteiger partial charge in [-0.25, -0.2) is 8.42 Å². The molecule has 8 aromatic carbocycles. The smallest absolute Gasteiger partial charge is 0.206 e. The molecule has 8 aromatic rings. The van der Waals surface area contributed by atoms with Crippen molar-refractivity contribution >= 4 is 32.6 Å². The summed E-state index contributed by atoms with van der Waals surface area (Å²) in [6, 6.07) is 60.3. The van der Waals surface area contributed by atoms with Crippen LogP contribution in [0.25, 0.3) is 11.1 Å². The molecular formula is C49H40N4O4S. The van der Waals surface area contributed by atoms with Crippen LogP contribution in [-0.4, -0.2) is 8.42 Å². The lowest BCUT2D eigenvalue weighted by Crippen LogP contribution is -2.28. The number of nitrogen functional groups attached to an aromatic ring is 4. The summed E-state index contributed by atoms with van der Waals surface area (Å²) in [5.41, 5.74) is 33.3. The molecule has 58 heavy (non-hydrogen) atoms. The van der Waals surface area contributed by atoms with Gasteiger partial charge in [-0.05, 0) is 155 Å². The molecule has 0 radical (unpaired) electrons. The number of ether oxygens (including phenoxy) is 2. The van der Waals surface area contributed by atoms with Crippen LogP contribution < -0.4 is 32.4 Å².